The van der Waals surface area contributed by atoms with E-state index in [4.69, 9.17) is 9.84 Å². The highest BCUT2D eigenvalue weighted by Crippen LogP contribution is 2.18. The molecule has 0 heterocycles. The second kappa shape index (κ2) is 17.5. The van der Waals surface area contributed by atoms with E-state index < -0.39 is 5.97 Å². The van der Waals surface area contributed by atoms with Crippen molar-refractivity contribution in [1.82, 2.24) is 0 Å². The number of hydrogen-bond donors (Lipinski definition) is 2. The first-order valence-electron chi connectivity index (χ1n) is 11.7. The predicted octanol–water partition coefficient (Wildman–Crippen LogP) is 6.50. The van der Waals surface area contributed by atoms with Crippen LogP contribution in [0.1, 0.15) is 102 Å². The fourth-order valence-corrected chi connectivity index (χ4v) is 3.68. The number of aliphatic carboxylic acids is 1. The smallest absolute Gasteiger partial charge is 0.303 e. The van der Waals surface area contributed by atoms with Gasteiger partial charge in [0.05, 0.1) is 18.8 Å². The first-order valence-corrected chi connectivity index (χ1v) is 11.7. The quantitative estimate of drug-likeness (QED) is 0.257. The Labute approximate surface area is 177 Å². The molecule has 0 aromatic heterocycles. The van der Waals surface area contributed by atoms with E-state index in [-0.39, 0.29) is 12.2 Å². The molecule has 1 aromatic carbocycles. The topological polar surface area (TPSA) is 66.8 Å². The fraction of sp³-hybridized carbons (Fsp3) is 0.720. The Hall–Kier alpha value is -1.39. The third-order valence-corrected chi connectivity index (χ3v) is 5.45. The summed E-state index contributed by atoms with van der Waals surface area (Å²) in [6, 6.07) is 10.2. The molecule has 0 bridgehead atoms. The highest BCUT2D eigenvalue weighted by molar-refractivity contribution is 5.66. The molecule has 0 aliphatic carbocycles. The Morgan fingerprint density at radius 1 is 0.862 bits per heavy atom. The minimum absolute atomic E-state index is 0.0686. The average molecular weight is 407 g/mol. The van der Waals surface area contributed by atoms with Gasteiger partial charge in [-0.25, -0.2) is 0 Å². The Bertz CT molecular complexity index is 503. The number of aliphatic hydroxyl groups is 1. The minimum atomic E-state index is -0.681. The average Bonchev–Trinajstić information content (AvgIpc) is 2.71. The van der Waals surface area contributed by atoms with Crippen LogP contribution < -0.4 is 0 Å². The van der Waals surface area contributed by atoms with Crippen LogP contribution in [-0.2, 0) is 16.1 Å². The van der Waals surface area contributed by atoms with Crippen molar-refractivity contribution >= 4 is 5.97 Å². The molecule has 1 rings (SSSR count). The molecular weight excluding hydrogens is 364 g/mol. The summed E-state index contributed by atoms with van der Waals surface area (Å²) in [4.78, 5) is 10.5. The van der Waals surface area contributed by atoms with E-state index in [2.05, 4.69) is 19.1 Å². The van der Waals surface area contributed by atoms with Crippen molar-refractivity contribution < 1.29 is 19.7 Å². The molecule has 1 aromatic rings. The van der Waals surface area contributed by atoms with Crippen LogP contribution in [0.4, 0.5) is 0 Å². The van der Waals surface area contributed by atoms with E-state index >= 15 is 0 Å². The van der Waals surface area contributed by atoms with Gasteiger partial charge in [-0.3, -0.25) is 4.79 Å². The molecule has 2 unspecified atom stereocenters. The van der Waals surface area contributed by atoms with E-state index in [9.17, 15) is 9.90 Å². The van der Waals surface area contributed by atoms with Gasteiger partial charge in [-0.1, -0.05) is 101 Å². The van der Waals surface area contributed by atoms with Crippen molar-refractivity contribution in [1.29, 1.82) is 0 Å². The minimum Gasteiger partial charge on any atom is -0.481 e. The molecule has 2 atom stereocenters. The van der Waals surface area contributed by atoms with Crippen molar-refractivity contribution in [2.24, 2.45) is 0 Å². The number of unbranched alkanes of at least 4 members (excludes halogenated alkanes) is 9. The lowest BCUT2D eigenvalue weighted by Gasteiger charge is -2.23. The Balaban J connectivity index is 2.07. The number of carbonyl (C=O) groups is 1. The van der Waals surface area contributed by atoms with Gasteiger partial charge < -0.3 is 14.9 Å². The standard InChI is InChI=1S/C25H42O4/c1-2-16-23(26)24(29-21-22-17-12-11-13-18-22)19-14-9-7-5-3-4-6-8-10-15-20-25(27)28/h11-13,17-18,23-24,26H,2-10,14-16,19-21H2,1H3,(H,27,28). The maximum atomic E-state index is 10.5. The molecular formula is C25H42O4. The lowest BCUT2D eigenvalue weighted by atomic mass is 10.0. The van der Waals surface area contributed by atoms with Gasteiger partial charge in [0.1, 0.15) is 0 Å². The lowest BCUT2D eigenvalue weighted by molar-refractivity contribution is -0.137. The molecule has 2 N–H and O–H groups in total. The fourth-order valence-electron chi connectivity index (χ4n) is 3.68. The van der Waals surface area contributed by atoms with E-state index in [0.717, 1.165) is 50.5 Å². The van der Waals surface area contributed by atoms with Crippen molar-refractivity contribution in [3.8, 4) is 0 Å². The van der Waals surface area contributed by atoms with Crippen LogP contribution in [0.25, 0.3) is 0 Å². The Morgan fingerprint density at radius 2 is 1.41 bits per heavy atom. The van der Waals surface area contributed by atoms with Gasteiger partial charge in [0.25, 0.3) is 0 Å². The molecule has 0 aliphatic heterocycles. The van der Waals surface area contributed by atoms with Gasteiger partial charge in [-0.2, -0.15) is 0 Å². The van der Waals surface area contributed by atoms with Gasteiger partial charge >= 0.3 is 5.97 Å². The summed E-state index contributed by atoms with van der Waals surface area (Å²) in [5, 5.41) is 19.0. The van der Waals surface area contributed by atoms with Gasteiger partial charge in [0, 0.05) is 6.42 Å². The SMILES string of the molecule is CCCC(O)C(CCCCCCCCCCCCC(=O)O)OCc1ccccc1. The summed E-state index contributed by atoms with van der Waals surface area (Å²) in [5.41, 5.74) is 1.16. The maximum absolute atomic E-state index is 10.5. The first-order chi connectivity index (χ1) is 14.1. The number of carboxylic acids is 1. The molecule has 4 heteroatoms. The summed E-state index contributed by atoms with van der Waals surface area (Å²) >= 11 is 0. The van der Waals surface area contributed by atoms with Crippen molar-refractivity contribution in [3.05, 3.63) is 35.9 Å². The van der Waals surface area contributed by atoms with Crippen LogP contribution in [0, 0.1) is 0 Å². The molecule has 0 radical (unpaired) electrons. The zero-order valence-electron chi connectivity index (χ0n) is 18.4. The van der Waals surface area contributed by atoms with Crippen molar-refractivity contribution in [2.75, 3.05) is 0 Å². The number of rotatable bonds is 19. The predicted molar refractivity (Wildman–Crippen MR) is 119 cm³/mol. The zero-order chi connectivity index (χ0) is 21.2. The molecule has 29 heavy (non-hydrogen) atoms. The number of carboxylic acid groups (broad SMARTS) is 1. The monoisotopic (exact) mass is 406 g/mol. The van der Waals surface area contributed by atoms with Crippen molar-refractivity contribution in [3.63, 3.8) is 0 Å². The summed E-state index contributed by atoms with van der Waals surface area (Å²) < 4.78 is 6.06. The van der Waals surface area contributed by atoms with Crippen LogP contribution in [0.3, 0.4) is 0 Å². The normalized spacial score (nSPS) is 13.3. The number of ether oxygens (including phenoxy) is 1. The highest BCUT2D eigenvalue weighted by Gasteiger charge is 2.18. The van der Waals surface area contributed by atoms with Crippen LogP contribution in [0.15, 0.2) is 30.3 Å². The van der Waals surface area contributed by atoms with E-state index in [0.29, 0.717) is 13.0 Å². The van der Waals surface area contributed by atoms with E-state index in [1.807, 2.05) is 18.2 Å². The molecule has 0 aliphatic rings. The number of aliphatic hydroxyl groups excluding tert-OH is 1. The molecule has 166 valence electrons. The summed E-state index contributed by atoms with van der Waals surface area (Å²) in [6.07, 6.45) is 14.1. The van der Waals surface area contributed by atoms with Crippen LogP contribution >= 0.6 is 0 Å². The van der Waals surface area contributed by atoms with Crippen LogP contribution in [0.5, 0.6) is 0 Å². The van der Waals surface area contributed by atoms with Crippen molar-refractivity contribution in [2.45, 2.75) is 116 Å². The molecule has 0 fully saturated rings. The summed E-state index contributed by atoms with van der Waals surface area (Å²) in [5.74, 6) is -0.681. The Kier molecular flexibility index (Phi) is 15.4. The van der Waals surface area contributed by atoms with Gasteiger partial charge in [-0.15, -0.1) is 0 Å². The molecule has 0 saturated heterocycles. The summed E-state index contributed by atoms with van der Waals surface area (Å²) in [7, 11) is 0. The highest BCUT2D eigenvalue weighted by atomic mass is 16.5. The second-order valence-corrected chi connectivity index (χ2v) is 8.16. The van der Waals surface area contributed by atoms with Gasteiger partial charge in [0.15, 0.2) is 0 Å². The molecule has 0 spiro atoms. The number of benzene rings is 1. The third-order valence-electron chi connectivity index (χ3n) is 5.45. The Morgan fingerprint density at radius 3 is 1.97 bits per heavy atom. The first kappa shape index (κ1) is 25.6. The van der Waals surface area contributed by atoms with Gasteiger partial charge in [-0.05, 0) is 24.8 Å². The summed E-state index contributed by atoms with van der Waals surface area (Å²) in [6.45, 7) is 2.67. The van der Waals surface area contributed by atoms with Crippen LogP contribution in [-0.4, -0.2) is 28.4 Å². The largest absolute Gasteiger partial charge is 0.481 e. The lowest BCUT2D eigenvalue weighted by Crippen LogP contribution is -2.29. The van der Waals surface area contributed by atoms with Crippen LogP contribution in [0.2, 0.25) is 0 Å². The third kappa shape index (κ3) is 14.3. The van der Waals surface area contributed by atoms with E-state index in [1.54, 1.807) is 0 Å². The van der Waals surface area contributed by atoms with E-state index in [1.165, 1.54) is 38.5 Å². The number of hydrogen-bond acceptors (Lipinski definition) is 3. The molecule has 0 saturated carbocycles. The van der Waals surface area contributed by atoms with Gasteiger partial charge in [0.2, 0.25) is 0 Å². The molecule has 4 nitrogen and oxygen atoms in total. The maximum Gasteiger partial charge on any atom is 0.303 e. The second-order valence-electron chi connectivity index (χ2n) is 8.16. The molecule has 0 amide bonds. The zero-order valence-corrected chi connectivity index (χ0v) is 18.4.